The van der Waals surface area contributed by atoms with Gasteiger partial charge in [0.1, 0.15) is 6.54 Å². The number of esters is 2. The molecule has 0 aliphatic rings. The molecule has 0 aromatic carbocycles. The highest BCUT2D eigenvalue weighted by atomic mass is 16.6. The van der Waals surface area contributed by atoms with Crippen molar-refractivity contribution in [1.82, 2.24) is 0 Å². The highest BCUT2D eigenvalue weighted by molar-refractivity contribution is 5.72. The van der Waals surface area contributed by atoms with Gasteiger partial charge in [-0.2, -0.15) is 0 Å². The average molecular weight is 677 g/mol. The predicted molar refractivity (Wildman–Crippen MR) is 207 cm³/mol. The number of carbonyl (C=O) groups is 2. The number of ether oxygens (including phenoxy) is 2. The molecule has 0 heterocycles. The van der Waals surface area contributed by atoms with Crippen molar-refractivity contribution < 1.29 is 23.5 Å². The summed E-state index contributed by atoms with van der Waals surface area (Å²) >= 11 is 0. The largest absolute Gasteiger partial charge is 0.466 e. The molecule has 48 heavy (non-hydrogen) atoms. The van der Waals surface area contributed by atoms with E-state index in [9.17, 15) is 9.59 Å². The van der Waals surface area contributed by atoms with E-state index in [0.29, 0.717) is 24.1 Å². The second-order valence-electron chi connectivity index (χ2n) is 15.3. The Morgan fingerprint density at radius 3 is 1.29 bits per heavy atom. The molecule has 0 bridgehead atoms. The lowest BCUT2D eigenvalue weighted by molar-refractivity contribution is -0.873. The Morgan fingerprint density at radius 2 is 0.875 bits per heavy atom. The predicted octanol–water partition coefficient (Wildman–Crippen LogP) is 12.6. The van der Waals surface area contributed by atoms with Gasteiger partial charge in [0.15, 0.2) is 6.10 Å². The number of rotatable bonds is 36. The number of allylic oxidation sites excluding steroid dienone is 4. The number of carbonyl (C=O) groups excluding carboxylic acids is 2. The molecule has 0 saturated carbocycles. The van der Waals surface area contributed by atoms with E-state index in [0.717, 1.165) is 38.5 Å². The minimum Gasteiger partial charge on any atom is -0.466 e. The molecule has 0 amide bonds. The molecule has 0 aromatic rings. The topological polar surface area (TPSA) is 52.6 Å². The first-order valence-corrected chi connectivity index (χ1v) is 20.7. The zero-order valence-electron chi connectivity index (χ0n) is 32.9. The standard InChI is InChI=1S/C43H82NO4/c1-6-8-10-12-14-16-18-20-22-24-26-28-30-32-34-36-38-47-43(46)39-41(40-44(3,4)5)48-42(45)37-35-33-31-29-27-25-23-21-19-17-15-13-11-9-7-2/h20-23,41H,6-19,24-40H2,1-5H3/q+1/b22-20-,23-21-. The van der Waals surface area contributed by atoms with E-state index in [2.05, 4.69) is 59.3 Å². The third-order valence-corrected chi connectivity index (χ3v) is 9.01. The maximum absolute atomic E-state index is 12.6. The van der Waals surface area contributed by atoms with Crippen molar-refractivity contribution in [1.29, 1.82) is 0 Å². The Morgan fingerprint density at radius 1 is 0.500 bits per heavy atom. The quantitative estimate of drug-likeness (QED) is 0.0287. The molecule has 0 radical (unpaired) electrons. The summed E-state index contributed by atoms with van der Waals surface area (Å²) in [6.07, 6.45) is 43.3. The normalized spacial score (nSPS) is 12.7. The summed E-state index contributed by atoms with van der Waals surface area (Å²) in [7, 11) is 6.17. The Bertz CT molecular complexity index is 769. The monoisotopic (exact) mass is 677 g/mol. The minimum absolute atomic E-state index is 0.139. The molecule has 0 saturated heterocycles. The molecule has 5 heteroatoms. The van der Waals surface area contributed by atoms with Crippen LogP contribution in [0.2, 0.25) is 0 Å². The van der Waals surface area contributed by atoms with Crippen molar-refractivity contribution in [2.75, 3.05) is 34.3 Å². The summed E-state index contributed by atoms with van der Waals surface area (Å²) in [6.45, 7) is 5.59. The van der Waals surface area contributed by atoms with Gasteiger partial charge in [-0.25, -0.2) is 0 Å². The molecule has 282 valence electrons. The molecular weight excluding hydrogens is 594 g/mol. The molecular formula is C43H82NO4+. The molecule has 1 unspecified atom stereocenters. The minimum atomic E-state index is -0.437. The second kappa shape index (κ2) is 35.2. The summed E-state index contributed by atoms with van der Waals surface area (Å²) in [5, 5.41) is 0. The van der Waals surface area contributed by atoms with Crippen LogP contribution in [-0.2, 0) is 19.1 Å². The van der Waals surface area contributed by atoms with Crippen LogP contribution < -0.4 is 0 Å². The SMILES string of the molecule is CCCCCCCC/C=C\CCCCCCCCOC(=O)CC(C[N+](C)(C)C)OC(=O)CCCCCCC/C=C\CCCCCCCC. The van der Waals surface area contributed by atoms with Crippen molar-refractivity contribution in [3.8, 4) is 0 Å². The fraction of sp³-hybridized carbons (Fsp3) is 0.860. The van der Waals surface area contributed by atoms with Crippen LogP contribution >= 0.6 is 0 Å². The van der Waals surface area contributed by atoms with Crippen molar-refractivity contribution >= 4 is 11.9 Å². The van der Waals surface area contributed by atoms with Gasteiger partial charge in [0.05, 0.1) is 34.2 Å². The van der Waals surface area contributed by atoms with Crippen LogP contribution in [0.5, 0.6) is 0 Å². The zero-order chi connectivity index (χ0) is 35.4. The Labute approximate surface area is 299 Å². The van der Waals surface area contributed by atoms with Gasteiger partial charge in [-0.1, -0.05) is 147 Å². The van der Waals surface area contributed by atoms with Crippen molar-refractivity contribution in [2.45, 2.75) is 206 Å². The maximum Gasteiger partial charge on any atom is 0.309 e. The van der Waals surface area contributed by atoms with Crippen LogP contribution in [0.15, 0.2) is 24.3 Å². The Hall–Kier alpha value is -1.62. The summed E-state index contributed by atoms with van der Waals surface area (Å²) in [4.78, 5) is 25.1. The summed E-state index contributed by atoms with van der Waals surface area (Å²) < 4.78 is 11.9. The molecule has 0 spiro atoms. The van der Waals surface area contributed by atoms with E-state index in [-0.39, 0.29) is 18.4 Å². The molecule has 0 aliphatic carbocycles. The van der Waals surface area contributed by atoms with E-state index in [4.69, 9.17) is 9.47 Å². The molecule has 5 nitrogen and oxygen atoms in total. The van der Waals surface area contributed by atoms with Crippen molar-refractivity contribution in [2.24, 2.45) is 0 Å². The number of hydrogen-bond donors (Lipinski definition) is 0. The van der Waals surface area contributed by atoms with Gasteiger partial charge in [0.2, 0.25) is 0 Å². The third-order valence-electron chi connectivity index (χ3n) is 9.01. The van der Waals surface area contributed by atoms with Gasteiger partial charge in [-0.3, -0.25) is 9.59 Å². The smallest absolute Gasteiger partial charge is 0.309 e. The van der Waals surface area contributed by atoms with Crippen LogP contribution in [0.4, 0.5) is 0 Å². The molecule has 1 atom stereocenters. The van der Waals surface area contributed by atoms with Crippen LogP contribution in [-0.4, -0.2) is 56.8 Å². The average Bonchev–Trinajstić information content (AvgIpc) is 3.03. The third kappa shape index (κ3) is 37.2. The van der Waals surface area contributed by atoms with E-state index in [1.54, 1.807) is 0 Å². The van der Waals surface area contributed by atoms with Gasteiger partial charge in [-0.15, -0.1) is 0 Å². The van der Waals surface area contributed by atoms with Crippen LogP contribution in [0.25, 0.3) is 0 Å². The van der Waals surface area contributed by atoms with Gasteiger partial charge in [0, 0.05) is 6.42 Å². The number of nitrogens with zero attached hydrogens (tertiary/aromatic N) is 1. The Kier molecular flexibility index (Phi) is 34.0. The van der Waals surface area contributed by atoms with E-state index in [1.807, 2.05) is 0 Å². The van der Waals surface area contributed by atoms with Gasteiger partial charge in [0.25, 0.3) is 0 Å². The number of likely N-dealkylation sites (N-methyl/N-ethyl adjacent to an activating group) is 1. The molecule has 0 aromatic heterocycles. The van der Waals surface area contributed by atoms with Crippen LogP contribution in [0.1, 0.15) is 200 Å². The van der Waals surface area contributed by atoms with Crippen LogP contribution in [0, 0.1) is 0 Å². The van der Waals surface area contributed by atoms with E-state index in [1.165, 1.54) is 135 Å². The lowest BCUT2D eigenvalue weighted by Crippen LogP contribution is -2.44. The summed E-state index contributed by atoms with van der Waals surface area (Å²) in [6, 6.07) is 0. The molecule has 0 N–H and O–H groups in total. The van der Waals surface area contributed by atoms with Crippen LogP contribution in [0.3, 0.4) is 0 Å². The fourth-order valence-corrected chi connectivity index (χ4v) is 6.12. The first-order chi connectivity index (χ1) is 23.3. The molecule has 0 aliphatic heterocycles. The first-order valence-electron chi connectivity index (χ1n) is 20.7. The number of unbranched alkanes of at least 4 members (excludes halogenated alkanes) is 23. The maximum atomic E-state index is 12.6. The summed E-state index contributed by atoms with van der Waals surface area (Å²) in [5.41, 5.74) is 0. The van der Waals surface area contributed by atoms with E-state index >= 15 is 0 Å². The number of hydrogen-bond acceptors (Lipinski definition) is 4. The number of quaternary nitrogens is 1. The van der Waals surface area contributed by atoms with Crippen molar-refractivity contribution in [3.63, 3.8) is 0 Å². The molecule has 0 rings (SSSR count). The fourth-order valence-electron chi connectivity index (χ4n) is 6.12. The Balaban J connectivity index is 3.88. The zero-order valence-corrected chi connectivity index (χ0v) is 32.9. The van der Waals surface area contributed by atoms with Gasteiger partial charge < -0.3 is 14.0 Å². The summed E-state index contributed by atoms with van der Waals surface area (Å²) in [5.74, 6) is -0.442. The lowest BCUT2D eigenvalue weighted by Gasteiger charge is -2.28. The highest BCUT2D eigenvalue weighted by Crippen LogP contribution is 2.14. The second-order valence-corrected chi connectivity index (χ2v) is 15.3. The lowest BCUT2D eigenvalue weighted by atomic mass is 10.1. The first kappa shape index (κ1) is 46.4. The molecule has 0 fully saturated rings. The van der Waals surface area contributed by atoms with E-state index < -0.39 is 6.10 Å². The van der Waals surface area contributed by atoms with Crippen molar-refractivity contribution in [3.05, 3.63) is 24.3 Å². The van der Waals surface area contributed by atoms with Gasteiger partial charge in [-0.05, 0) is 64.2 Å². The van der Waals surface area contributed by atoms with Gasteiger partial charge >= 0.3 is 11.9 Å². The highest BCUT2D eigenvalue weighted by Gasteiger charge is 2.25.